The van der Waals surface area contributed by atoms with Crippen LogP contribution in [0.15, 0.2) is 0 Å². The van der Waals surface area contributed by atoms with E-state index in [1.807, 2.05) is 13.0 Å². The molecule has 0 saturated heterocycles. The Bertz CT molecular complexity index is 150. The molecule has 0 aliphatic heterocycles. The molecule has 0 spiro atoms. The van der Waals surface area contributed by atoms with Gasteiger partial charge in [0.1, 0.15) is 5.92 Å². The molecule has 0 amide bonds. The van der Waals surface area contributed by atoms with Gasteiger partial charge < -0.3 is 0 Å². The van der Waals surface area contributed by atoms with Gasteiger partial charge in [-0.3, -0.25) is 4.79 Å². The fourth-order valence-electron chi connectivity index (χ4n) is 0.651. The summed E-state index contributed by atoms with van der Waals surface area (Å²) in [5.74, 6) is -0.497. The SMILES string of the molecule is CCCCC(C#N)C(=O)S. The van der Waals surface area contributed by atoms with Crippen molar-refractivity contribution in [1.82, 2.24) is 0 Å². The van der Waals surface area contributed by atoms with Crippen LogP contribution in [0, 0.1) is 17.2 Å². The summed E-state index contributed by atoms with van der Waals surface area (Å²) in [4.78, 5) is 10.5. The third-order valence-corrected chi connectivity index (χ3v) is 1.61. The largest absolute Gasteiger partial charge is 0.286 e. The van der Waals surface area contributed by atoms with Gasteiger partial charge in [0.15, 0.2) is 0 Å². The van der Waals surface area contributed by atoms with Crippen molar-refractivity contribution in [1.29, 1.82) is 5.26 Å². The Morgan fingerprint density at radius 2 is 2.40 bits per heavy atom. The molecule has 2 nitrogen and oxygen atoms in total. The second-order valence-electron chi connectivity index (χ2n) is 2.16. The quantitative estimate of drug-likeness (QED) is 0.632. The lowest BCUT2D eigenvalue weighted by Crippen LogP contribution is -2.05. The van der Waals surface area contributed by atoms with Crippen LogP contribution < -0.4 is 0 Å². The van der Waals surface area contributed by atoms with Gasteiger partial charge in [0.25, 0.3) is 0 Å². The average Bonchev–Trinajstić information content (AvgIpc) is 1.89. The highest BCUT2D eigenvalue weighted by Gasteiger charge is 2.11. The van der Waals surface area contributed by atoms with E-state index in [4.69, 9.17) is 5.26 Å². The van der Waals surface area contributed by atoms with Gasteiger partial charge in [0.05, 0.1) is 6.07 Å². The summed E-state index contributed by atoms with van der Waals surface area (Å²) in [6, 6.07) is 1.91. The maximum Gasteiger partial charge on any atom is 0.203 e. The third-order valence-electron chi connectivity index (χ3n) is 1.30. The number of hydrogen-bond donors (Lipinski definition) is 1. The van der Waals surface area contributed by atoms with Crippen molar-refractivity contribution in [3.63, 3.8) is 0 Å². The van der Waals surface area contributed by atoms with Crippen LogP contribution in [0.25, 0.3) is 0 Å². The zero-order chi connectivity index (χ0) is 7.98. The highest BCUT2D eigenvalue weighted by atomic mass is 32.1. The van der Waals surface area contributed by atoms with Crippen LogP contribution >= 0.6 is 12.6 Å². The minimum atomic E-state index is -0.497. The lowest BCUT2D eigenvalue weighted by atomic mass is 10.1. The fourth-order valence-corrected chi connectivity index (χ4v) is 0.838. The van der Waals surface area contributed by atoms with Crippen LogP contribution in [0.4, 0.5) is 0 Å². The summed E-state index contributed by atoms with van der Waals surface area (Å²) in [6.07, 6.45) is 2.58. The molecule has 0 radical (unpaired) electrons. The van der Waals surface area contributed by atoms with E-state index in [9.17, 15) is 4.79 Å². The molecular weight excluding hydrogens is 146 g/mol. The predicted octanol–water partition coefficient (Wildman–Crippen LogP) is 1.77. The number of carbonyl (C=O) groups excluding carboxylic acids is 1. The third kappa shape index (κ3) is 3.52. The van der Waals surface area contributed by atoms with E-state index in [1.165, 1.54) is 0 Å². The Morgan fingerprint density at radius 3 is 2.70 bits per heavy atom. The van der Waals surface area contributed by atoms with Crippen LogP contribution in [0.2, 0.25) is 0 Å². The molecule has 1 atom stereocenters. The van der Waals surface area contributed by atoms with Crippen molar-refractivity contribution in [2.75, 3.05) is 0 Å². The van der Waals surface area contributed by atoms with Crippen molar-refractivity contribution < 1.29 is 4.79 Å². The zero-order valence-corrected chi connectivity index (χ0v) is 6.90. The summed E-state index contributed by atoms with van der Waals surface area (Å²) in [5.41, 5.74) is 0. The van der Waals surface area contributed by atoms with Crippen molar-refractivity contribution in [2.45, 2.75) is 26.2 Å². The molecule has 1 unspecified atom stereocenters. The first-order valence-corrected chi connectivity index (χ1v) is 3.79. The molecule has 0 N–H and O–H groups in total. The highest BCUT2D eigenvalue weighted by molar-refractivity contribution is 7.96. The first-order valence-electron chi connectivity index (χ1n) is 3.34. The molecule has 3 heteroatoms. The minimum Gasteiger partial charge on any atom is -0.286 e. The molecule has 0 rings (SSSR count). The maximum absolute atomic E-state index is 10.5. The number of nitrogens with zero attached hydrogens (tertiary/aromatic N) is 1. The summed E-state index contributed by atoms with van der Waals surface area (Å²) < 4.78 is 0. The molecule has 0 aromatic rings. The van der Waals surface area contributed by atoms with Crippen molar-refractivity contribution in [3.05, 3.63) is 0 Å². The lowest BCUT2D eigenvalue weighted by Gasteiger charge is -2.00. The Morgan fingerprint density at radius 1 is 1.80 bits per heavy atom. The summed E-state index contributed by atoms with van der Waals surface area (Å²) >= 11 is 3.58. The fraction of sp³-hybridized carbons (Fsp3) is 0.714. The number of unbranched alkanes of at least 4 members (excludes halogenated alkanes) is 1. The van der Waals surface area contributed by atoms with Gasteiger partial charge in [-0.05, 0) is 6.42 Å². The van der Waals surface area contributed by atoms with Crippen LogP contribution in [-0.4, -0.2) is 5.12 Å². The van der Waals surface area contributed by atoms with Crippen molar-refractivity contribution in [2.24, 2.45) is 5.92 Å². The maximum atomic E-state index is 10.5. The molecular formula is C7H11NOS. The van der Waals surface area contributed by atoms with Gasteiger partial charge in [-0.1, -0.05) is 19.8 Å². The number of rotatable bonds is 4. The van der Waals surface area contributed by atoms with E-state index in [0.29, 0.717) is 6.42 Å². The van der Waals surface area contributed by atoms with Crippen molar-refractivity contribution >= 4 is 17.7 Å². The first-order chi connectivity index (χ1) is 4.72. The topological polar surface area (TPSA) is 40.9 Å². The molecule has 56 valence electrons. The Balaban J connectivity index is 3.64. The normalized spacial score (nSPS) is 12.1. The van der Waals surface area contributed by atoms with Gasteiger partial charge in [-0.25, -0.2) is 0 Å². The Labute approximate surface area is 66.6 Å². The molecule has 0 bridgehead atoms. The molecule has 0 aliphatic rings. The molecule has 10 heavy (non-hydrogen) atoms. The zero-order valence-electron chi connectivity index (χ0n) is 6.00. The van der Waals surface area contributed by atoms with Gasteiger partial charge >= 0.3 is 0 Å². The van der Waals surface area contributed by atoms with Crippen LogP contribution in [-0.2, 0) is 4.79 Å². The molecule has 0 saturated carbocycles. The minimum absolute atomic E-state index is 0.309. The van der Waals surface area contributed by atoms with E-state index in [1.54, 1.807) is 0 Å². The monoisotopic (exact) mass is 157 g/mol. The second kappa shape index (κ2) is 5.31. The number of nitriles is 1. The van der Waals surface area contributed by atoms with Crippen LogP contribution in [0.3, 0.4) is 0 Å². The lowest BCUT2D eigenvalue weighted by molar-refractivity contribution is -0.112. The van der Waals surface area contributed by atoms with Crippen molar-refractivity contribution in [3.8, 4) is 6.07 Å². The second-order valence-corrected chi connectivity index (χ2v) is 2.60. The predicted molar refractivity (Wildman–Crippen MR) is 42.6 cm³/mol. The Kier molecular flexibility index (Phi) is 5.05. The molecule has 0 fully saturated rings. The van der Waals surface area contributed by atoms with Crippen LogP contribution in [0.5, 0.6) is 0 Å². The van der Waals surface area contributed by atoms with E-state index >= 15 is 0 Å². The smallest absolute Gasteiger partial charge is 0.203 e. The molecule has 0 aromatic heterocycles. The average molecular weight is 157 g/mol. The van der Waals surface area contributed by atoms with E-state index in [2.05, 4.69) is 12.6 Å². The van der Waals surface area contributed by atoms with Crippen LogP contribution in [0.1, 0.15) is 26.2 Å². The van der Waals surface area contributed by atoms with E-state index < -0.39 is 5.92 Å². The highest BCUT2D eigenvalue weighted by Crippen LogP contribution is 2.09. The van der Waals surface area contributed by atoms with Gasteiger partial charge in [0, 0.05) is 0 Å². The number of hydrogen-bond acceptors (Lipinski definition) is 2. The summed E-state index contributed by atoms with van der Waals surface area (Å²) in [5, 5.41) is 8.09. The van der Waals surface area contributed by atoms with E-state index in [-0.39, 0.29) is 5.12 Å². The van der Waals surface area contributed by atoms with Gasteiger partial charge in [-0.15, -0.1) is 12.6 Å². The standard InChI is InChI=1S/C7H11NOS/c1-2-3-4-6(5-8)7(9)10/h6H,2-4H2,1H3,(H,9,10). The number of carbonyl (C=O) groups is 1. The first kappa shape index (κ1) is 9.51. The van der Waals surface area contributed by atoms with Gasteiger partial charge in [0.2, 0.25) is 5.12 Å². The van der Waals surface area contributed by atoms with Gasteiger partial charge in [-0.2, -0.15) is 5.26 Å². The summed E-state index contributed by atoms with van der Waals surface area (Å²) in [7, 11) is 0. The Hall–Kier alpha value is -0.490. The summed E-state index contributed by atoms with van der Waals surface area (Å²) in [6.45, 7) is 2.03. The molecule has 0 heterocycles. The van der Waals surface area contributed by atoms with E-state index in [0.717, 1.165) is 12.8 Å². The molecule has 0 aromatic carbocycles. The molecule has 0 aliphatic carbocycles. The number of thiol groups is 1.